The number of nitrogens with one attached hydrogen (secondary N) is 1. The molecule has 1 aromatic rings. The van der Waals surface area contributed by atoms with Crippen molar-refractivity contribution in [2.24, 2.45) is 5.92 Å². The molecule has 1 aromatic carbocycles. The molecule has 1 aliphatic rings. The van der Waals surface area contributed by atoms with Crippen LogP contribution in [0.15, 0.2) is 18.2 Å². The minimum atomic E-state index is -0.732. The highest BCUT2D eigenvalue weighted by molar-refractivity contribution is 5.94. The van der Waals surface area contributed by atoms with Crippen molar-refractivity contribution in [1.29, 1.82) is 0 Å². The fourth-order valence-electron chi connectivity index (χ4n) is 1.69. The van der Waals surface area contributed by atoms with E-state index < -0.39 is 17.5 Å². The van der Waals surface area contributed by atoms with Crippen LogP contribution >= 0.6 is 0 Å². The Balaban J connectivity index is 2.07. The van der Waals surface area contributed by atoms with Crippen LogP contribution in [0.4, 0.5) is 8.78 Å². The molecule has 1 amide bonds. The second-order valence-corrected chi connectivity index (χ2v) is 4.26. The number of rotatable bonds is 3. The average Bonchev–Trinajstić information content (AvgIpc) is 2.98. The van der Waals surface area contributed by atoms with E-state index in [2.05, 4.69) is 5.32 Å². The van der Waals surface area contributed by atoms with Crippen LogP contribution in [0.25, 0.3) is 0 Å². The summed E-state index contributed by atoms with van der Waals surface area (Å²) in [5, 5.41) is 2.74. The van der Waals surface area contributed by atoms with Gasteiger partial charge in [-0.1, -0.05) is 0 Å². The van der Waals surface area contributed by atoms with E-state index in [0.717, 1.165) is 31.0 Å². The Bertz CT molecular complexity index is 395. The molecule has 0 aliphatic heterocycles. The van der Waals surface area contributed by atoms with Crippen LogP contribution in [0.1, 0.15) is 30.1 Å². The normalized spacial score (nSPS) is 16.9. The third-order valence-corrected chi connectivity index (χ3v) is 2.81. The molecule has 1 atom stereocenters. The smallest absolute Gasteiger partial charge is 0.251 e. The summed E-state index contributed by atoms with van der Waals surface area (Å²) in [6.45, 7) is 1.91. The Labute approximate surface area is 92.7 Å². The summed E-state index contributed by atoms with van der Waals surface area (Å²) in [5.41, 5.74) is 0.0324. The van der Waals surface area contributed by atoms with Crippen molar-refractivity contribution >= 4 is 5.91 Å². The number of carbonyl (C=O) groups excluding carboxylic acids is 1. The lowest BCUT2D eigenvalue weighted by molar-refractivity contribution is 0.0935. The van der Waals surface area contributed by atoms with Gasteiger partial charge in [0.1, 0.15) is 11.6 Å². The molecule has 0 radical (unpaired) electrons. The van der Waals surface area contributed by atoms with Gasteiger partial charge in [-0.2, -0.15) is 0 Å². The van der Waals surface area contributed by atoms with E-state index >= 15 is 0 Å². The van der Waals surface area contributed by atoms with Crippen LogP contribution in [0.2, 0.25) is 0 Å². The van der Waals surface area contributed by atoms with Crippen LogP contribution in [0.3, 0.4) is 0 Å². The van der Waals surface area contributed by atoms with Gasteiger partial charge in [0.25, 0.3) is 5.91 Å². The Morgan fingerprint density at radius 3 is 2.38 bits per heavy atom. The lowest BCUT2D eigenvalue weighted by Crippen LogP contribution is -2.34. The van der Waals surface area contributed by atoms with Crippen molar-refractivity contribution in [3.8, 4) is 0 Å². The second kappa shape index (κ2) is 4.20. The van der Waals surface area contributed by atoms with Crippen LogP contribution < -0.4 is 5.32 Å². The summed E-state index contributed by atoms with van der Waals surface area (Å²) < 4.78 is 25.8. The molecule has 1 aliphatic carbocycles. The number of carbonyl (C=O) groups is 1. The van der Waals surface area contributed by atoms with Gasteiger partial charge in [-0.3, -0.25) is 4.79 Å². The predicted molar refractivity (Wildman–Crippen MR) is 56.0 cm³/mol. The Morgan fingerprint density at radius 2 is 1.88 bits per heavy atom. The van der Waals surface area contributed by atoms with E-state index in [0.29, 0.717) is 5.92 Å². The lowest BCUT2D eigenvalue weighted by atomic mass is 10.1. The number of halogens is 2. The first-order valence-corrected chi connectivity index (χ1v) is 5.33. The molecule has 4 heteroatoms. The maximum absolute atomic E-state index is 12.9. The van der Waals surface area contributed by atoms with Gasteiger partial charge in [0.2, 0.25) is 0 Å². The van der Waals surface area contributed by atoms with Crippen LogP contribution in [0, 0.1) is 17.6 Å². The molecule has 0 spiro atoms. The minimum Gasteiger partial charge on any atom is -0.349 e. The topological polar surface area (TPSA) is 29.1 Å². The van der Waals surface area contributed by atoms with Gasteiger partial charge in [-0.15, -0.1) is 0 Å². The van der Waals surface area contributed by atoms with Gasteiger partial charge in [0.15, 0.2) is 0 Å². The van der Waals surface area contributed by atoms with E-state index in [9.17, 15) is 13.6 Å². The zero-order valence-electron chi connectivity index (χ0n) is 8.97. The zero-order chi connectivity index (χ0) is 11.7. The molecule has 0 saturated heterocycles. The van der Waals surface area contributed by atoms with E-state index in [4.69, 9.17) is 0 Å². The molecular formula is C12H13F2NO. The van der Waals surface area contributed by atoms with Crippen molar-refractivity contribution in [1.82, 2.24) is 5.32 Å². The fourth-order valence-corrected chi connectivity index (χ4v) is 1.69. The lowest BCUT2D eigenvalue weighted by Gasteiger charge is -2.12. The van der Waals surface area contributed by atoms with Gasteiger partial charge in [-0.25, -0.2) is 8.78 Å². The first-order valence-electron chi connectivity index (χ1n) is 5.33. The Morgan fingerprint density at radius 1 is 1.31 bits per heavy atom. The number of benzene rings is 1. The zero-order valence-corrected chi connectivity index (χ0v) is 8.97. The highest BCUT2D eigenvalue weighted by atomic mass is 19.1. The molecule has 0 bridgehead atoms. The van der Waals surface area contributed by atoms with Gasteiger partial charge >= 0.3 is 0 Å². The summed E-state index contributed by atoms with van der Waals surface area (Å²) in [4.78, 5) is 11.6. The van der Waals surface area contributed by atoms with Crippen molar-refractivity contribution in [2.45, 2.75) is 25.8 Å². The van der Waals surface area contributed by atoms with E-state index in [1.165, 1.54) is 0 Å². The summed E-state index contributed by atoms with van der Waals surface area (Å²) in [7, 11) is 0. The Hall–Kier alpha value is -1.45. The number of amides is 1. The van der Waals surface area contributed by atoms with Crippen molar-refractivity contribution < 1.29 is 13.6 Å². The molecule has 0 aromatic heterocycles. The Kier molecular flexibility index (Phi) is 2.90. The van der Waals surface area contributed by atoms with Crippen LogP contribution in [-0.4, -0.2) is 11.9 Å². The van der Waals surface area contributed by atoms with Gasteiger partial charge in [0.05, 0.1) is 0 Å². The van der Waals surface area contributed by atoms with E-state index in [1.807, 2.05) is 6.92 Å². The SMILES string of the molecule is CC(NC(=O)c1cc(F)cc(F)c1)C1CC1. The number of hydrogen-bond acceptors (Lipinski definition) is 1. The first kappa shape index (κ1) is 11.0. The maximum atomic E-state index is 12.9. The summed E-state index contributed by atoms with van der Waals surface area (Å²) in [5.74, 6) is -1.37. The molecule has 1 saturated carbocycles. The predicted octanol–water partition coefficient (Wildman–Crippen LogP) is 2.49. The minimum absolute atomic E-state index is 0.0324. The van der Waals surface area contributed by atoms with Gasteiger partial charge in [-0.05, 0) is 37.8 Å². The molecule has 16 heavy (non-hydrogen) atoms. The average molecular weight is 225 g/mol. The first-order chi connectivity index (χ1) is 7.56. The molecule has 2 nitrogen and oxygen atoms in total. The molecular weight excluding hydrogens is 212 g/mol. The highest BCUT2D eigenvalue weighted by Crippen LogP contribution is 2.32. The van der Waals surface area contributed by atoms with E-state index in [-0.39, 0.29) is 11.6 Å². The van der Waals surface area contributed by atoms with E-state index in [1.54, 1.807) is 0 Å². The molecule has 1 fully saturated rings. The largest absolute Gasteiger partial charge is 0.349 e. The standard InChI is InChI=1S/C12H13F2NO/c1-7(8-2-3-8)15-12(16)9-4-10(13)6-11(14)5-9/h4-8H,2-3H2,1H3,(H,15,16). The fraction of sp³-hybridized carbons (Fsp3) is 0.417. The van der Waals surface area contributed by atoms with Gasteiger partial charge < -0.3 is 5.32 Å². The van der Waals surface area contributed by atoms with Crippen molar-refractivity contribution in [2.75, 3.05) is 0 Å². The number of hydrogen-bond donors (Lipinski definition) is 1. The summed E-state index contributed by atoms with van der Waals surface area (Å²) >= 11 is 0. The third kappa shape index (κ3) is 2.56. The molecule has 0 heterocycles. The summed E-state index contributed by atoms with van der Waals surface area (Å²) in [6, 6.07) is 2.90. The van der Waals surface area contributed by atoms with Crippen molar-refractivity contribution in [3.05, 3.63) is 35.4 Å². The van der Waals surface area contributed by atoms with Gasteiger partial charge in [0, 0.05) is 17.7 Å². The maximum Gasteiger partial charge on any atom is 0.251 e. The second-order valence-electron chi connectivity index (χ2n) is 4.26. The van der Waals surface area contributed by atoms with Crippen LogP contribution in [0.5, 0.6) is 0 Å². The van der Waals surface area contributed by atoms with Crippen molar-refractivity contribution in [3.63, 3.8) is 0 Å². The third-order valence-electron chi connectivity index (χ3n) is 2.81. The monoisotopic (exact) mass is 225 g/mol. The molecule has 1 unspecified atom stereocenters. The quantitative estimate of drug-likeness (QED) is 0.841. The highest BCUT2D eigenvalue weighted by Gasteiger charge is 2.29. The molecule has 2 rings (SSSR count). The molecule has 1 N–H and O–H groups in total. The molecule has 86 valence electrons. The summed E-state index contributed by atoms with van der Waals surface area (Å²) in [6.07, 6.45) is 2.22. The van der Waals surface area contributed by atoms with Crippen LogP contribution in [-0.2, 0) is 0 Å².